The van der Waals surface area contributed by atoms with E-state index in [1.165, 1.54) is 5.39 Å². The Labute approximate surface area is 125 Å². The summed E-state index contributed by atoms with van der Waals surface area (Å²) in [6.07, 6.45) is 4.22. The molecule has 3 heteroatoms. The fraction of sp³-hybridized carbons (Fsp3) is 0.389. The average molecular weight is 283 g/mol. The molecular formula is C18H21NO2. The molecule has 1 amide bonds. The Balaban J connectivity index is 1.78. The van der Waals surface area contributed by atoms with Crippen molar-refractivity contribution < 1.29 is 9.90 Å². The van der Waals surface area contributed by atoms with Crippen LogP contribution in [-0.2, 0) is 4.79 Å². The van der Waals surface area contributed by atoms with Gasteiger partial charge >= 0.3 is 0 Å². The van der Waals surface area contributed by atoms with E-state index >= 15 is 0 Å². The maximum Gasteiger partial charge on any atom is 0.223 e. The van der Waals surface area contributed by atoms with Crippen LogP contribution in [-0.4, -0.2) is 17.6 Å². The highest BCUT2D eigenvalue weighted by Crippen LogP contribution is 2.26. The van der Waals surface area contributed by atoms with Gasteiger partial charge in [0.15, 0.2) is 0 Å². The first-order valence-electron chi connectivity index (χ1n) is 7.68. The number of hydrogen-bond acceptors (Lipinski definition) is 2. The molecule has 1 atom stereocenters. The highest BCUT2D eigenvalue weighted by Gasteiger charge is 2.25. The zero-order valence-electron chi connectivity index (χ0n) is 12.1. The summed E-state index contributed by atoms with van der Waals surface area (Å²) in [5, 5.41) is 14.9. The van der Waals surface area contributed by atoms with Crippen molar-refractivity contribution in [2.24, 2.45) is 5.92 Å². The molecule has 0 bridgehead atoms. The average Bonchev–Trinajstić information content (AvgIpc) is 3.06. The summed E-state index contributed by atoms with van der Waals surface area (Å²) in [5.41, 5.74) is 0.961. The summed E-state index contributed by atoms with van der Waals surface area (Å²) in [7, 11) is 0. The van der Waals surface area contributed by atoms with Crippen molar-refractivity contribution in [2.75, 3.05) is 6.61 Å². The van der Waals surface area contributed by atoms with E-state index in [9.17, 15) is 9.90 Å². The quantitative estimate of drug-likeness (QED) is 0.905. The molecule has 1 saturated carbocycles. The van der Waals surface area contributed by atoms with Gasteiger partial charge in [-0.3, -0.25) is 4.79 Å². The van der Waals surface area contributed by atoms with E-state index in [1.54, 1.807) is 0 Å². The first-order valence-corrected chi connectivity index (χ1v) is 7.68. The van der Waals surface area contributed by atoms with Gasteiger partial charge in [0.05, 0.1) is 12.6 Å². The number of aliphatic hydroxyl groups is 1. The Morgan fingerprint density at radius 1 is 1.14 bits per heavy atom. The lowest BCUT2D eigenvalue weighted by Crippen LogP contribution is -2.34. The van der Waals surface area contributed by atoms with Gasteiger partial charge < -0.3 is 10.4 Å². The van der Waals surface area contributed by atoms with Crippen LogP contribution in [0, 0.1) is 5.92 Å². The highest BCUT2D eigenvalue weighted by molar-refractivity contribution is 5.83. The fourth-order valence-electron chi connectivity index (χ4n) is 3.14. The van der Waals surface area contributed by atoms with Gasteiger partial charge in [0.1, 0.15) is 0 Å². The second-order valence-corrected chi connectivity index (χ2v) is 5.83. The standard InChI is InChI=1S/C18H21NO2/c20-12-17(19-18(21)14-6-2-3-7-14)16-10-9-13-5-1-4-8-15(13)11-16/h1,4-5,8-11,14,17,20H,2-3,6-7,12H2,(H,19,21)/t17-/m0/s1. The summed E-state index contributed by atoms with van der Waals surface area (Å²) in [6, 6.07) is 13.9. The molecule has 0 radical (unpaired) electrons. The van der Waals surface area contributed by atoms with Crippen molar-refractivity contribution in [3.8, 4) is 0 Å². The van der Waals surface area contributed by atoms with E-state index in [2.05, 4.69) is 11.4 Å². The third-order valence-electron chi connectivity index (χ3n) is 4.40. The topological polar surface area (TPSA) is 49.3 Å². The van der Waals surface area contributed by atoms with Gasteiger partial charge in [-0.1, -0.05) is 49.2 Å². The predicted molar refractivity (Wildman–Crippen MR) is 83.9 cm³/mol. The predicted octanol–water partition coefficient (Wildman–Crippen LogP) is 3.18. The molecule has 0 aromatic heterocycles. The smallest absolute Gasteiger partial charge is 0.223 e. The first kappa shape index (κ1) is 14.1. The molecular weight excluding hydrogens is 262 g/mol. The van der Waals surface area contributed by atoms with Crippen molar-refractivity contribution in [3.63, 3.8) is 0 Å². The van der Waals surface area contributed by atoms with Crippen LogP contribution >= 0.6 is 0 Å². The van der Waals surface area contributed by atoms with Gasteiger partial charge in [-0.2, -0.15) is 0 Å². The monoisotopic (exact) mass is 283 g/mol. The summed E-state index contributed by atoms with van der Waals surface area (Å²) in [6.45, 7) is -0.0726. The number of fused-ring (bicyclic) bond motifs is 1. The molecule has 3 rings (SSSR count). The molecule has 3 nitrogen and oxygen atoms in total. The third kappa shape index (κ3) is 3.08. The second kappa shape index (κ2) is 6.27. The van der Waals surface area contributed by atoms with E-state index in [0.29, 0.717) is 0 Å². The molecule has 0 saturated heterocycles. The lowest BCUT2D eigenvalue weighted by molar-refractivity contribution is -0.125. The summed E-state index contributed by atoms with van der Waals surface area (Å²) >= 11 is 0. The maximum absolute atomic E-state index is 12.2. The van der Waals surface area contributed by atoms with Crippen LogP contribution in [0.5, 0.6) is 0 Å². The van der Waals surface area contributed by atoms with Gasteiger partial charge in [0, 0.05) is 5.92 Å². The molecule has 0 unspecified atom stereocenters. The Morgan fingerprint density at radius 2 is 1.86 bits per heavy atom. The Hall–Kier alpha value is -1.87. The van der Waals surface area contributed by atoms with Crippen LogP contribution < -0.4 is 5.32 Å². The van der Waals surface area contributed by atoms with E-state index in [1.807, 2.05) is 36.4 Å². The molecule has 2 aromatic carbocycles. The van der Waals surface area contributed by atoms with Crippen LogP contribution in [0.25, 0.3) is 10.8 Å². The summed E-state index contributed by atoms with van der Waals surface area (Å²) in [5.74, 6) is 0.208. The maximum atomic E-state index is 12.2. The number of benzene rings is 2. The van der Waals surface area contributed by atoms with Gasteiger partial charge in [-0.25, -0.2) is 0 Å². The lowest BCUT2D eigenvalue weighted by atomic mass is 10.0. The molecule has 21 heavy (non-hydrogen) atoms. The Kier molecular flexibility index (Phi) is 4.20. The van der Waals surface area contributed by atoms with Crippen molar-refractivity contribution in [3.05, 3.63) is 48.0 Å². The lowest BCUT2D eigenvalue weighted by Gasteiger charge is -2.19. The molecule has 0 spiro atoms. The number of hydrogen-bond donors (Lipinski definition) is 2. The van der Waals surface area contributed by atoms with Gasteiger partial charge in [0.2, 0.25) is 5.91 Å². The number of aliphatic hydroxyl groups excluding tert-OH is 1. The van der Waals surface area contributed by atoms with Gasteiger partial charge in [0.25, 0.3) is 0 Å². The Morgan fingerprint density at radius 3 is 2.57 bits per heavy atom. The van der Waals surface area contributed by atoms with E-state index in [4.69, 9.17) is 0 Å². The van der Waals surface area contributed by atoms with Crippen LogP contribution in [0.1, 0.15) is 37.3 Å². The number of amides is 1. The molecule has 2 N–H and O–H groups in total. The highest BCUT2D eigenvalue weighted by atomic mass is 16.3. The number of carbonyl (C=O) groups excluding carboxylic acids is 1. The minimum absolute atomic E-state index is 0.0726. The minimum Gasteiger partial charge on any atom is -0.394 e. The molecule has 0 aliphatic heterocycles. The largest absolute Gasteiger partial charge is 0.394 e. The molecule has 1 aliphatic carbocycles. The molecule has 0 heterocycles. The summed E-state index contributed by atoms with van der Waals surface area (Å²) in [4.78, 5) is 12.2. The van der Waals surface area contributed by atoms with E-state index in [0.717, 1.165) is 36.6 Å². The number of nitrogens with one attached hydrogen (secondary N) is 1. The molecule has 1 fully saturated rings. The van der Waals surface area contributed by atoms with E-state index < -0.39 is 0 Å². The van der Waals surface area contributed by atoms with Gasteiger partial charge in [-0.15, -0.1) is 0 Å². The van der Waals surface area contributed by atoms with E-state index in [-0.39, 0.29) is 24.5 Å². The zero-order chi connectivity index (χ0) is 14.7. The van der Waals surface area contributed by atoms with Crippen molar-refractivity contribution in [1.82, 2.24) is 5.32 Å². The first-order chi connectivity index (χ1) is 10.3. The minimum atomic E-state index is -0.317. The second-order valence-electron chi connectivity index (χ2n) is 5.83. The normalized spacial score (nSPS) is 17.0. The van der Waals surface area contributed by atoms with Crippen LogP contribution in [0.15, 0.2) is 42.5 Å². The van der Waals surface area contributed by atoms with Crippen LogP contribution in [0.2, 0.25) is 0 Å². The van der Waals surface area contributed by atoms with Crippen LogP contribution in [0.4, 0.5) is 0 Å². The SMILES string of the molecule is O=C(N[C@@H](CO)c1ccc2ccccc2c1)C1CCCC1. The molecule has 2 aromatic rings. The Bertz CT molecular complexity index is 632. The van der Waals surface area contributed by atoms with Gasteiger partial charge in [-0.05, 0) is 35.2 Å². The van der Waals surface area contributed by atoms with Crippen molar-refractivity contribution >= 4 is 16.7 Å². The summed E-state index contributed by atoms with van der Waals surface area (Å²) < 4.78 is 0. The van der Waals surface area contributed by atoms with Crippen molar-refractivity contribution in [1.29, 1.82) is 0 Å². The number of carbonyl (C=O) groups is 1. The van der Waals surface area contributed by atoms with Crippen molar-refractivity contribution in [2.45, 2.75) is 31.7 Å². The third-order valence-corrected chi connectivity index (χ3v) is 4.40. The van der Waals surface area contributed by atoms with Crippen LogP contribution in [0.3, 0.4) is 0 Å². The molecule has 1 aliphatic rings. The zero-order valence-corrected chi connectivity index (χ0v) is 12.1. The fourth-order valence-corrected chi connectivity index (χ4v) is 3.14. The number of rotatable bonds is 4. The molecule has 110 valence electrons.